The number of hydrogen-bond donors (Lipinski definition) is 1. The van der Waals surface area contributed by atoms with Crippen molar-refractivity contribution in [1.82, 2.24) is 4.98 Å². The van der Waals surface area contributed by atoms with E-state index in [-0.39, 0.29) is 30.1 Å². The van der Waals surface area contributed by atoms with E-state index in [2.05, 4.69) is 4.98 Å². The summed E-state index contributed by atoms with van der Waals surface area (Å²) in [7, 11) is 0. The second kappa shape index (κ2) is 9.46. The molecule has 2 aromatic carbocycles. The van der Waals surface area contributed by atoms with E-state index in [0.29, 0.717) is 34.6 Å². The summed E-state index contributed by atoms with van der Waals surface area (Å²) in [5.74, 6) is -1.27. The Kier molecular flexibility index (Phi) is 6.42. The van der Waals surface area contributed by atoms with E-state index in [9.17, 15) is 33.1 Å². The molecule has 1 unspecified atom stereocenters. The predicted octanol–water partition coefficient (Wildman–Crippen LogP) is 5.14. The van der Waals surface area contributed by atoms with Crippen LogP contribution in [0.3, 0.4) is 0 Å². The molecule has 0 saturated carbocycles. The summed E-state index contributed by atoms with van der Waals surface area (Å²) in [4.78, 5) is 27.4. The van der Waals surface area contributed by atoms with Crippen molar-refractivity contribution in [2.24, 2.45) is 0 Å². The molecule has 0 fully saturated rings. The summed E-state index contributed by atoms with van der Waals surface area (Å²) in [5.41, 5.74) is 0.173. The van der Waals surface area contributed by atoms with Crippen LogP contribution in [0.4, 0.5) is 13.2 Å². The van der Waals surface area contributed by atoms with E-state index < -0.39 is 23.8 Å². The number of aliphatic carboxylic acids is 1. The molecule has 3 aromatic rings. The van der Waals surface area contributed by atoms with Crippen LogP contribution in [0, 0.1) is 11.3 Å². The highest BCUT2D eigenvalue weighted by Crippen LogP contribution is 2.39. The first-order chi connectivity index (χ1) is 16.7. The van der Waals surface area contributed by atoms with Gasteiger partial charge in [0.15, 0.2) is 5.78 Å². The van der Waals surface area contributed by atoms with E-state index >= 15 is 0 Å². The third-order valence-corrected chi connectivity index (χ3v) is 5.45. The maximum atomic E-state index is 12.6. The Hall–Kier alpha value is -4.39. The molecule has 1 aliphatic heterocycles. The molecule has 4 rings (SSSR count). The largest absolute Gasteiger partial charge is 0.493 e. The number of fused-ring (bicyclic) bond motifs is 1. The number of Topliss-reactive ketones (excluding diaryl/α,β-unsaturated/α-hetero) is 1. The van der Waals surface area contributed by atoms with Crippen LogP contribution in [0.25, 0.3) is 0 Å². The normalized spacial score (nSPS) is 14.9. The molecular weight excluding hydrogens is 465 g/mol. The van der Waals surface area contributed by atoms with Crippen molar-refractivity contribution in [2.75, 3.05) is 6.61 Å². The minimum absolute atomic E-state index is 0.128. The van der Waals surface area contributed by atoms with E-state index in [4.69, 9.17) is 9.47 Å². The zero-order valence-electron chi connectivity index (χ0n) is 18.0. The number of carboxylic acids is 1. The van der Waals surface area contributed by atoms with Gasteiger partial charge in [-0.05, 0) is 48.4 Å². The van der Waals surface area contributed by atoms with Gasteiger partial charge >= 0.3 is 12.1 Å². The maximum Gasteiger partial charge on any atom is 0.433 e. The molecular formula is C25H17F3N2O5. The van der Waals surface area contributed by atoms with Crippen LogP contribution in [0.5, 0.6) is 17.2 Å². The van der Waals surface area contributed by atoms with Crippen LogP contribution in [0.2, 0.25) is 0 Å². The molecule has 0 bridgehead atoms. The number of carboxylic acid groups (broad SMARTS) is 1. The lowest BCUT2D eigenvalue weighted by Crippen LogP contribution is -2.21. The molecule has 35 heavy (non-hydrogen) atoms. The zero-order valence-corrected chi connectivity index (χ0v) is 18.0. The lowest BCUT2D eigenvalue weighted by molar-refractivity contribution is -0.141. The average molecular weight is 482 g/mol. The smallest absolute Gasteiger partial charge is 0.433 e. The summed E-state index contributed by atoms with van der Waals surface area (Å²) < 4.78 is 49.2. The number of nitriles is 1. The Morgan fingerprint density at radius 2 is 1.91 bits per heavy atom. The van der Waals surface area contributed by atoms with Crippen LogP contribution in [-0.2, 0) is 17.4 Å². The lowest BCUT2D eigenvalue weighted by Gasteiger charge is -2.24. The molecule has 1 aliphatic rings. The van der Waals surface area contributed by atoms with Gasteiger partial charge in [0, 0.05) is 29.8 Å². The zero-order chi connectivity index (χ0) is 25.2. The first kappa shape index (κ1) is 23.8. The molecule has 0 spiro atoms. The third-order valence-electron chi connectivity index (χ3n) is 5.45. The summed E-state index contributed by atoms with van der Waals surface area (Å²) >= 11 is 0. The van der Waals surface area contributed by atoms with Crippen LogP contribution < -0.4 is 9.47 Å². The first-order valence-corrected chi connectivity index (χ1v) is 10.4. The van der Waals surface area contributed by atoms with Crippen molar-refractivity contribution in [1.29, 1.82) is 5.26 Å². The molecule has 10 heteroatoms. The molecule has 7 nitrogen and oxygen atoms in total. The SMILES string of the molecule is N#Cc1cc2c(cc1Oc1ccc(C(=O)Cc3ccc(C(F)(F)F)nc3)cc1)OCCC2C(=O)O. The molecule has 1 aromatic heterocycles. The molecule has 0 radical (unpaired) electrons. The topological polar surface area (TPSA) is 110 Å². The fourth-order valence-corrected chi connectivity index (χ4v) is 3.67. The number of benzene rings is 2. The van der Waals surface area contributed by atoms with Gasteiger partial charge in [-0.1, -0.05) is 6.07 Å². The number of ketones is 1. The monoisotopic (exact) mass is 482 g/mol. The highest BCUT2D eigenvalue weighted by molar-refractivity contribution is 5.97. The second-order valence-electron chi connectivity index (χ2n) is 7.80. The van der Waals surface area contributed by atoms with Gasteiger partial charge in [-0.25, -0.2) is 0 Å². The number of rotatable bonds is 6. The van der Waals surface area contributed by atoms with E-state index in [1.54, 1.807) is 0 Å². The lowest BCUT2D eigenvalue weighted by atomic mass is 9.91. The van der Waals surface area contributed by atoms with E-state index in [1.165, 1.54) is 42.5 Å². The van der Waals surface area contributed by atoms with Gasteiger partial charge in [-0.3, -0.25) is 14.6 Å². The van der Waals surface area contributed by atoms with Crippen molar-refractivity contribution in [3.63, 3.8) is 0 Å². The van der Waals surface area contributed by atoms with Crippen LogP contribution in [0.15, 0.2) is 54.7 Å². The van der Waals surface area contributed by atoms with E-state index in [0.717, 1.165) is 12.3 Å². The van der Waals surface area contributed by atoms with Gasteiger partial charge in [0.25, 0.3) is 0 Å². The molecule has 1 atom stereocenters. The van der Waals surface area contributed by atoms with Crippen molar-refractivity contribution in [3.05, 3.63) is 82.7 Å². The van der Waals surface area contributed by atoms with Crippen molar-refractivity contribution < 1.29 is 37.3 Å². The van der Waals surface area contributed by atoms with Gasteiger partial charge in [-0.15, -0.1) is 0 Å². The van der Waals surface area contributed by atoms with Crippen molar-refractivity contribution >= 4 is 11.8 Å². The van der Waals surface area contributed by atoms with Crippen LogP contribution in [0.1, 0.15) is 45.1 Å². The molecule has 2 heterocycles. The minimum Gasteiger partial charge on any atom is -0.493 e. The molecule has 0 amide bonds. The fourth-order valence-electron chi connectivity index (χ4n) is 3.67. The highest BCUT2D eigenvalue weighted by Gasteiger charge is 2.32. The summed E-state index contributed by atoms with van der Waals surface area (Å²) in [6, 6.07) is 13.0. The fraction of sp³-hybridized carbons (Fsp3) is 0.200. The number of carbonyl (C=O) groups is 2. The van der Waals surface area contributed by atoms with Gasteiger partial charge in [0.1, 0.15) is 29.0 Å². The number of alkyl halides is 3. The number of aromatic nitrogens is 1. The molecule has 178 valence electrons. The standard InChI is InChI=1S/C25H17F3N2O5/c26-25(27,28)23-6-1-14(13-30-23)9-20(31)15-2-4-17(5-3-15)35-21-11-22-19(10-16(21)12-29)18(24(32)33)7-8-34-22/h1-6,10-11,13,18H,7-9H2,(H,32,33). The Morgan fingerprint density at radius 3 is 2.51 bits per heavy atom. The van der Waals surface area contributed by atoms with Gasteiger partial charge in [0.2, 0.25) is 0 Å². The van der Waals surface area contributed by atoms with Crippen molar-refractivity contribution in [2.45, 2.75) is 24.9 Å². The Bertz CT molecular complexity index is 1310. The molecule has 1 N–H and O–H groups in total. The number of pyridine rings is 1. The van der Waals surface area contributed by atoms with Crippen LogP contribution in [-0.4, -0.2) is 28.4 Å². The number of hydrogen-bond acceptors (Lipinski definition) is 6. The van der Waals surface area contributed by atoms with Gasteiger partial charge < -0.3 is 14.6 Å². The first-order valence-electron chi connectivity index (χ1n) is 10.4. The van der Waals surface area contributed by atoms with Crippen molar-refractivity contribution in [3.8, 4) is 23.3 Å². The number of carbonyl (C=O) groups excluding carboxylic acids is 1. The third kappa shape index (κ3) is 5.24. The predicted molar refractivity (Wildman–Crippen MR) is 115 cm³/mol. The molecule has 0 saturated heterocycles. The highest BCUT2D eigenvalue weighted by atomic mass is 19.4. The number of nitrogens with zero attached hydrogens (tertiary/aromatic N) is 2. The minimum atomic E-state index is -4.55. The number of halogens is 3. The maximum absolute atomic E-state index is 12.6. The Labute approximate surface area is 197 Å². The second-order valence-corrected chi connectivity index (χ2v) is 7.80. The number of ether oxygens (including phenoxy) is 2. The average Bonchev–Trinajstić information content (AvgIpc) is 2.83. The summed E-state index contributed by atoms with van der Waals surface area (Å²) in [6.45, 7) is 0.223. The summed E-state index contributed by atoms with van der Waals surface area (Å²) in [5, 5.41) is 18.9. The molecule has 0 aliphatic carbocycles. The van der Waals surface area contributed by atoms with Gasteiger partial charge in [0.05, 0.1) is 18.1 Å². The Morgan fingerprint density at radius 1 is 1.17 bits per heavy atom. The Balaban J connectivity index is 1.48. The van der Waals surface area contributed by atoms with E-state index in [1.807, 2.05) is 6.07 Å². The summed E-state index contributed by atoms with van der Waals surface area (Å²) in [6.07, 6.45) is -3.36. The van der Waals surface area contributed by atoms with Gasteiger partial charge in [-0.2, -0.15) is 18.4 Å². The van der Waals surface area contributed by atoms with Crippen LogP contribution >= 0.6 is 0 Å². The quantitative estimate of drug-likeness (QED) is 0.485.